The summed E-state index contributed by atoms with van der Waals surface area (Å²) in [5, 5.41) is 0. The highest BCUT2D eigenvalue weighted by Gasteiger charge is 1.97. The topological polar surface area (TPSA) is 42.0 Å². The smallest absolute Gasteiger partial charge is 0.0915 e. The maximum atomic E-state index is 11.0. The summed E-state index contributed by atoms with van der Waals surface area (Å²) < 4.78 is 14.9. The summed E-state index contributed by atoms with van der Waals surface area (Å²) in [7, 11) is -0.927. The van der Waals surface area contributed by atoms with E-state index >= 15 is 0 Å². The van der Waals surface area contributed by atoms with Crippen LogP contribution in [0.4, 0.5) is 0 Å². The van der Waals surface area contributed by atoms with Crippen LogP contribution in [0.25, 0.3) is 0 Å². The predicted molar refractivity (Wildman–Crippen MR) is 57.5 cm³/mol. The van der Waals surface area contributed by atoms with E-state index in [-0.39, 0.29) is 0 Å². The van der Waals surface area contributed by atoms with E-state index in [9.17, 15) is 4.21 Å². The van der Waals surface area contributed by atoms with Gasteiger partial charge in [-0.25, -0.2) is 8.93 Å². The summed E-state index contributed by atoms with van der Waals surface area (Å²) in [6.45, 7) is 2.47. The molecule has 0 bridgehead atoms. The van der Waals surface area contributed by atoms with Crippen LogP contribution >= 0.6 is 15.9 Å². The van der Waals surface area contributed by atoms with Crippen molar-refractivity contribution in [2.75, 3.05) is 5.75 Å². The van der Waals surface area contributed by atoms with Crippen molar-refractivity contribution in [3.05, 3.63) is 28.5 Å². The molecule has 1 aromatic rings. The van der Waals surface area contributed by atoms with Crippen molar-refractivity contribution in [1.29, 1.82) is 0 Å². The maximum absolute atomic E-state index is 11.0. The molecule has 0 aromatic carbocycles. The molecule has 0 radical (unpaired) electrons. The minimum absolute atomic E-state index is 0.590. The molecule has 3 nitrogen and oxygen atoms in total. The fourth-order valence-corrected chi connectivity index (χ4v) is 1.76. The van der Waals surface area contributed by atoms with Crippen molar-refractivity contribution in [2.45, 2.75) is 13.5 Å². The second-order valence-corrected chi connectivity index (χ2v) is 4.94. The minimum atomic E-state index is -0.927. The average molecular weight is 263 g/mol. The lowest BCUT2D eigenvalue weighted by Gasteiger charge is -2.02. The monoisotopic (exact) mass is 262 g/mol. The minimum Gasteiger partial charge on any atom is -0.263 e. The van der Waals surface area contributed by atoms with Gasteiger partial charge in [0.05, 0.1) is 11.0 Å². The number of nitrogens with one attached hydrogen (secondary N) is 1. The van der Waals surface area contributed by atoms with Crippen LogP contribution in [-0.4, -0.2) is 14.9 Å². The summed E-state index contributed by atoms with van der Waals surface area (Å²) >= 11 is 3.32. The van der Waals surface area contributed by atoms with Gasteiger partial charge in [-0.15, -0.1) is 0 Å². The lowest BCUT2D eigenvalue weighted by molar-refractivity contribution is 0.672. The van der Waals surface area contributed by atoms with Crippen LogP contribution in [0.1, 0.15) is 12.5 Å². The van der Waals surface area contributed by atoms with Crippen LogP contribution in [0.3, 0.4) is 0 Å². The molecule has 1 aromatic heterocycles. The quantitative estimate of drug-likeness (QED) is 0.896. The van der Waals surface area contributed by atoms with E-state index in [1.54, 1.807) is 12.4 Å². The van der Waals surface area contributed by atoms with E-state index in [0.717, 1.165) is 10.0 Å². The molecule has 1 unspecified atom stereocenters. The van der Waals surface area contributed by atoms with Crippen molar-refractivity contribution in [1.82, 2.24) is 9.71 Å². The number of nitrogens with zero attached hydrogens (tertiary/aromatic N) is 1. The Morgan fingerprint density at radius 2 is 2.38 bits per heavy atom. The van der Waals surface area contributed by atoms with Gasteiger partial charge < -0.3 is 0 Å². The van der Waals surface area contributed by atoms with Gasteiger partial charge in [-0.3, -0.25) is 4.98 Å². The number of hydrogen-bond donors (Lipinski definition) is 1. The SMILES string of the molecule is CCS(=O)NCc1cncc(Br)c1. The van der Waals surface area contributed by atoms with Crippen LogP contribution in [-0.2, 0) is 17.5 Å². The van der Waals surface area contributed by atoms with Gasteiger partial charge in [-0.1, -0.05) is 6.92 Å². The molecule has 72 valence electrons. The van der Waals surface area contributed by atoms with Gasteiger partial charge in [0, 0.05) is 29.2 Å². The summed E-state index contributed by atoms with van der Waals surface area (Å²) in [5.74, 6) is 0.626. The van der Waals surface area contributed by atoms with Gasteiger partial charge in [0.25, 0.3) is 0 Å². The van der Waals surface area contributed by atoms with Gasteiger partial charge in [0.2, 0.25) is 0 Å². The third kappa shape index (κ3) is 3.97. The number of hydrogen-bond acceptors (Lipinski definition) is 2. The molecule has 0 aliphatic carbocycles. The fourth-order valence-electron chi connectivity index (χ4n) is 0.818. The Kier molecular flexibility index (Phi) is 4.55. The second-order valence-electron chi connectivity index (χ2n) is 2.47. The molecule has 0 aliphatic rings. The van der Waals surface area contributed by atoms with E-state index in [2.05, 4.69) is 25.6 Å². The highest BCUT2D eigenvalue weighted by molar-refractivity contribution is 9.10. The first kappa shape index (κ1) is 10.8. The molecular weight excluding hydrogens is 252 g/mol. The maximum Gasteiger partial charge on any atom is 0.0915 e. The molecule has 0 amide bonds. The molecule has 0 saturated carbocycles. The molecule has 0 fully saturated rings. The third-order valence-electron chi connectivity index (χ3n) is 1.46. The van der Waals surface area contributed by atoms with E-state index < -0.39 is 11.0 Å². The largest absolute Gasteiger partial charge is 0.263 e. The van der Waals surface area contributed by atoms with Crippen molar-refractivity contribution >= 4 is 26.9 Å². The number of halogens is 1. The Morgan fingerprint density at radius 3 is 3.00 bits per heavy atom. The van der Waals surface area contributed by atoms with Crippen LogP contribution in [0.5, 0.6) is 0 Å². The molecule has 0 spiro atoms. The highest BCUT2D eigenvalue weighted by atomic mass is 79.9. The number of rotatable bonds is 4. The van der Waals surface area contributed by atoms with Crippen molar-refractivity contribution in [3.63, 3.8) is 0 Å². The van der Waals surface area contributed by atoms with E-state index in [1.807, 2.05) is 13.0 Å². The summed E-state index contributed by atoms with van der Waals surface area (Å²) in [6, 6.07) is 1.95. The Labute approximate surface area is 88.7 Å². The standard InChI is InChI=1S/C8H11BrN2OS/c1-2-13(12)11-5-7-3-8(9)6-10-4-7/h3-4,6,11H,2,5H2,1H3. The molecule has 5 heteroatoms. The predicted octanol–water partition coefficient (Wildman–Crippen LogP) is 1.62. The van der Waals surface area contributed by atoms with E-state index in [4.69, 9.17) is 0 Å². The third-order valence-corrected chi connectivity index (χ3v) is 2.89. The molecule has 0 saturated heterocycles. The van der Waals surface area contributed by atoms with Gasteiger partial charge in [-0.05, 0) is 27.6 Å². The van der Waals surface area contributed by atoms with Crippen molar-refractivity contribution in [2.24, 2.45) is 0 Å². The zero-order valence-corrected chi connectivity index (χ0v) is 9.69. The van der Waals surface area contributed by atoms with Gasteiger partial charge in [0.15, 0.2) is 0 Å². The average Bonchev–Trinajstić information content (AvgIpc) is 2.14. The van der Waals surface area contributed by atoms with E-state index in [1.165, 1.54) is 0 Å². The zero-order valence-electron chi connectivity index (χ0n) is 7.29. The van der Waals surface area contributed by atoms with Gasteiger partial charge in [0.1, 0.15) is 0 Å². The Hall–Kier alpha value is -0.260. The highest BCUT2D eigenvalue weighted by Crippen LogP contribution is 2.09. The summed E-state index contributed by atoms with van der Waals surface area (Å²) in [5.41, 5.74) is 1.02. The molecule has 1 heterocycles. The molecular formula is C8H11BrN2OS. The fraction of sp³-hybridized carbons (Fsp3) is 0.375. The first-order valence-electron chi connectivity index (χ1n) is 3.93. The zero-order chi connectivity index (χ0) is 9.68. The van der Waals surface area contributed by atoms with Crippen LogP contribution in [0.2, 0.25) is 0 Å². The first-order valence-corrected chi connectivity index (χ1v) is 6.05. The Balaban J connectivity index is 2.50. The van der Waals surface area contributed by atoms with Gasteiger partial charge in [-0.2, -0.15) is 0 Å². The van der Waals surface area contributed by atoms with Gasteiger partial charge >= 0.3 is 0 Å². The Bertz CT molecular complexity index is 306. The molecule has 13 heavy (non-hydrogen) atoms. The molecule has 1 rings (SSSR count). The van der Waals surface area contributed by atoms with Crippen LogP contribution in [0, 0.1) is 0 Å². The lowest BCUT2D eigenvalue weighted by atomic mass is 10.3. The summed E-state index contributed by atoms with van der Waals surface area (Å²) in [4.78, 5) is 4.00. The lowest BCUT2D eigenvalue weighted by Crippen LogP contribution is -2.17. The summed E-state index contributed by atoms with van der Waals surface area (Å²) in [6.07, 6.45) is 3.48. The number of pyridine rings is 1. The van der Waals surface area contributed by atoms with Crippen LogP contribution < -0.4 is 4.72 Å². The Morgan fingerprint density at radius 1 is 1.62 bits per heavy atom. The molecule has 1 N–H and O–H groups in total. The molecule has 0 aliphatic heterocycles. The van der Waals surface area contributed by atoms with Crippen LogP contribution in [0.15, 0.2) is 22.9 Å². The second kappa shape index (κ2) is 5.47. The normalized spacial score (nSPS) is 12.8. The van der Waals surface area contributed by atoms with Crippen molar-refractivity contribution in [3.8, 4) is 0 Å². The molecule has 1 atom stereocenters. The van der Waals surface area contributed by atoms with E-state index in [0.29, 0.717) is 12.3 Å². The van der Waals surface area contributed by atoms with Crippen molar-refractivity contribution < 1.29 is 4.21 Å². The number of aromatic nitrogens is 1. The first-order chi connectivity index (χ1) is 6.22.